The quantitative estimate of drug-likeness (QED) is 0.838. The van der Waals surface area contributed by atoms with Gasteiger partial charge in [0.15, 0.2) is 0 Å². The van der Waals surface area contributed by atoms with Crippen LogP contribution in [0, 0.1) is 0 Å². The number of amides is 3. The second-order valence-electron chi connectivity index (χ2n) is 7.42. The number of thiophene rings is 1. The highest BCUT2D eigenvalue weighted by atomic mass is 32.1. The molecule has 0 aliphatic carbocycles. The van der Waals surface area contributed by atoms with E-state index in [-0.39, 0.29) is 23.9 Å². The number of ether oxygens (including phenoxy) is 1. The van der Waals surface area contributed by atoms with Crippen LogP contribution in [0.1, 0.15) is 50.2 Å². The predicted octanol–water partition coefficient (Wildman–Crippen LogP) is 2.38. The molecule has 1 aliphatic rings. The SMILES string of the molecule is CC(NC(=O)c1cccs1)C(=O)NC1CCN(C(=O)OC(C)(C)C)CC1. The Morgan fingerprint density at radius 2 is 1.92 bits per heavy atom. The molecule has 2 N–H and O–H groups in total. The lowest BCUT2D eigenvalue weighted by Gasteiger charge is -2.34. The van der Waals surface area contributed by atoms with Gasteiger partial charge < -0.3 is 20.3 Å². The van der Waals surface area contributed by atoms with E-state index in [1.807, 2.05) is 26.2 Å². The van der Waals surface area contributed by atoms with Crippen LogP contribution >= 0.6 is 11.3 Å². The zero-order valence-electron chi connectivity index (χ0n) is 15.7. The van der Waals surface area contributed by atoms with Crippen molar-refractivity contribution in [2.75, 3.05) is 13.1 Å². The van der Waals surface area contributed by atoms with E-state index in [1.165, 1.54) is 11.3 Å². The van der Waals surface area contributed by atoms with Gasteiger partial charge in [-0.1, -0.05) is 6.07 Å². The maximum absolute atomic E-state index is 12.3. The molecule has 144 valence electrons. The van der Waals surface area contributed by atoms with Crippen LogP contribution < -0.4 is 10.6 Å². The minimum absolute atomic E-state index is 0.0118. The van der Waals surface area contributed by atoms with E-state index in [0.717, 1.165) is 0 Å². The topological polar surface area (TPSA) is 87.7 Å². The van der Waals surface area contributed by atoms with Crippen LogP contribution in [-0.4, -0.2) is 53.6 Å². The highest BCUT2D eigenvalue weighted by Gasteiger charge is 2.28. The number of carbonyl (C=O) groups excluding carboxylic acids is 3. The molecule has 1 aliphatic heterocycles. The molecule has 1 aromatic rings. The lowest BCUT2D eigenvalue weighted by molar-refractivity contribution is -0.123. The molecule has 1 atom stereocenters. The van der Waals surface area contributed by atoms with Gasteiger partial charge in [0.2, 0.25) is 5.91 Å². The van der Waals surface area contributed by atoms with Crippen LogP contribution in [0.2, 0.25) is 0 Å². The number of carbonyl (C=O) groups is 3. The Morgan fingerprint density at radius 1 is 1.27 bits per heavy atom. The second kappa shape index (κ2) is 8.53. The largest absolute Gasteiger partial charge is 0.444 e. The van der Waals surface area contributed by atoms with Crippen molar-refractivity contribution in [3.63, 3.8) is 0 Å². The third-order valence-corrected chi connectivity index (χ3v) is 4.85. The minimum Gasteiger partial charge on any atom is -0.444 e. The lowest BCUT2D eigenvalue weighted by atomic mass is 10.0. The molecule has 1 unspecified atom stereocenters. The van der Waals surface area contributed by atoms with E-state index in [9.17, 15) is 14.4 Å². The maximum atomic E-state index is 12.3. The molecule has 8 heteroatoms. The van der Waals surface area contributed by atoms with E-state index >= 15 is 0 Å². The van der Waals surface area contributed by atoms with Crippen LogP contribution in [0.5, 0.6) is 0 Å². The maximum Gasteiger partial charge on any atom is 0.410 e. The fourth-order valence-corrected chi connectivity index (χ4v) is 3.23. The standard InChI is InChI=1S/C18H27N3O4S/c1-12(19-16(23)14-6-5-11-26-14)15(22)20-13-7-9-21(10-8-13)17(24)25-18(2,3)4/h5-6,11-13H,7-10H2,1-4H3,(H,19,23)(H,20,22). The lowest BCUT2D eigenvalue weighted by Crippen LogP contribution is -2.52. The summed E-state index contributed by atoms with van der Waals surface area (Å²) < 4.78 is 5.36. The predicted molar refractivity (Wildman–Crippen MR) is 100 cm³/mol. The van der Waals surface area contributed by atoms with Crippen molar-refractivity contribution >= 4 is 29.2 Å². The van der Waals surface area contributed by atoms with E-state index in [2.05, 4.69) is 10.6 Å². The van der Waals surface area contributed by atoms with Crippen LogP contribution in [-0.2, 0) is 9.53 Å². The Kier molecular flexibility index (Phi) is 6.63. The molecule has 0 spiro atoms. The van der Waals surface area contributed by atoms with Gasteiger partial charge in [-0.3, -0.25) is 9.59 Å². The highest BCUT2D eigenvalue weighted by Crippen LogP contribution is 2.15. The van der Waals surface area contributed by atoms with Gasteiger partial charge in [-0.2, -0.15) is 0 Å². The first-order chi connectivity index (χ1) is 12.2. The summed E-state index contributed by atoms with van der Waals surface area (Å²) in [6, 6.07) is 2.88. The molecule has 0 saturated carbocycles. The van der Waals surface area contributed by atoms with E-state index < -0.39 is 11.6 Å². The monoisotopic (exact) mass is 381 g/mol. The summed E-state index contributed by atoms with van der Waals surface area (Å²) in [5.41, 5.74) is -0.516. The van der Waals surface area contributed by atoms with Gasteiger partial charge in [0.05, 0.1) is 4.88 Å². The van der Waals surface area contributed by atoms with Gasteiger partial charge in [-0.15, -0.1) is 11.3 Å². The third-order valence-electron chi connectivity index (χ3n) is 3.98. The number of rotatable bonds is 4. The zero-order valence-corrected chi connectivity index (χ0v) is 16.5. The summed E-state index contributed by atoms with van der Waals surface area (Å²) in [6.45, 7) is 8.25. The van der Waals surface area contributed by atoms with Crippen molar-refractivity contribution in [1.29, 1.82) is 0 Å². The van der Waals surface area contributed by atoms with Gasteiger partial charge in [-0.25, -0.2) is 4.79 Å². The summed E-state index contributed by atoms with van der Waals surface area (Å²) in [5.74, 6) is -0.465. The highest BCUT2D eigenvalue weighted by molar-refractivity contribution is 7.12. The Labute approximate surface area is 158 Å². The van der Waals surface area contributed by atoms with Crippen molar-refractivity contribution in [3.05, 3.63) is 22.4 Å². The molecule has 3 amide bonds. The molecule has 7 nitrogen and oxygen atoms in total. The van der Waals surface area contributed by atoms with E-state index in [0.29, 0.717) is 30.8 Å². The summed E-state index contributed by atoms with van der Waals surface area (Å²) >= 11 is 1.33. The van der Waals surface area contributed by atoms with Crippen molar-refractivity contribution < 1.29 is 19.1 Å². The number of hydrogen-bond donors (Lipinski definition) is 2. The molecule has 1 aromatic heterocycles. The van der Waals surface area contributed by atoms with Crippen molar-refractivity contribution in [1.82, 2.24) is 15.5 Å². The van der Waals surface area contributed by atoms with Crippen molar-refractivity contribution in [2.45, 2.75) is 58.2 Å². The number of nitrogens with one attached hydrogen (secondary N) is 2. The van der Waals surface area contributed by atoms with Crippen LogP contribution in [0.15, 0.2) is 17.5 Å². The van der Waals surface area contributed by atoms with Crippen LogP contribution in [0.4, 0.5) is 4.79 Å². The molecule has 2 rings (SSSR count). The van der Waals surface area contributed by atoms with Gasteiger partial charge in [0.25, 0.3) is 5.91 Å². The molecule has 1 fully saturated rings. The summed E-state index contributed by atoms with van der Waals surface area (Å²) in [5, 5.41) is 7.46. The first kappa shape index (κ1) is 20.2. The second-order valence-corrected chi connectivity index (χ2v) is 8.37. The summed E-state index contributed by atoms with van der Waals surface area (Å²) in [4.78, 5) is 38.6. The average Bonchev–Trinajstić information content (AvgIpc) is 3.08. The van der Waals surface area contributed by atoms with Gasteiger partial charge in [-0.05, 0) is 52.0 Å². The number of piperidine rings is 1. The van der Waals surface area contributed by atoms with Crippen molar-refractivity contribution in [2.24, 2.45) is 0 Å². The van der Waals surface area contributed by atoms with Crippen molar-refractivity contribution in [3.8, 4) is 0 Å². The Morgan fingerprint density at radius 3 is 2.46 bits per heavy atom. The summed E-state index contributed by atoms with van der Waals surface area (Å²) in [6.07, 6.45) is 1.01. The smallest absolute Gasteiger partial charge is 0.410 e. The normalized spacial score (nSPS) is 16.7. The molecule has 0 aromatic carbocycles. The van der Waals surface area contributed by atoms with E-state index in [4.69, 9.17) is 4.74 Å². The Balaban J connectivity index is 1.75. The van der Waals surface area contributed by atoms with Gasteiger partial charge >= 0.3 is 6.09 Å². The number of nitrogens with zero attached hydrogens (tertiary/aromatic N) is 1. The Hall–Kier alpha value is -2.09. The van der Waals surface area contributed by atoms with Crippen LogP contribution in [0.25, 0.3) is 0 Å². The van der Waals surface area contributed by atoms with Gasteiger partial charge in [0, 0.05) is 19.1 Å². The van der Waals surface area contributed by atoms with E-state index in [1.54, 1.807) is 24.0 Å². The first-order valence-corrected chi connectivity index (χ1v) is 9.66. The number of likely N-dealkylation sites (tertiary alicyclic amines) is 1. The van der Waals surface area contributed by atoms with Crippen LogP contribution in [0.3, 0.4) is 0 Å². The molecule has 0 bridgehead atoms. The molecular weight excluding hydrogens is 354 g/mol. The minimum atomic E-state index is -0.617. The fraction of sp³-hybridized carbons (Fsp3) is 0.611. The molecule has 0 radical (unpaired) electrons. The zero-order chi connectivity index (χ0) is 19.3. The first-order valence-electron chi connectivity index (χ1n) is 8.78. The molecule has 26 heavy (non-hydrogen) atoms. The third kappa shape index (κ3) is 6.01. The van der Waals surface area contributed by atoms with Gasteiger partial charge in [0.1, 0.15) is 11.6 Å². The number of hydrogen-bond acceptors (Lipinski definition) is 5. The average molecular weight is 381 g/mol. The molecule has 2 heterocycles. The fourth-order valence-electron chi connectivity index (χ4n) is 2.60. The molecular formula is C18H27N3O4S. The molecule has 1 saturated heterocycles. The summed E-state index contributed by atoms with van der Waals surface area (Å²) in [7, 11) is 0. The Bertz CT molecular complexity index is 631.